The van der Waals surface area contributed by atoms with Crippen molar-refractivity contribution in [1.82, 2.24) is 0 Å². The van der Waals surface area contributed by atoms with Crippen molar-refractivity contribution in [1.29, 1.82) is 0 Å². The predicted molar refractivity (Wildman–Crippen MR) is 130 cm³/mol. The molecule has 0 N–H and O–H groups in total. The lowest BCUT2D eigenvalue weighted by atomic mass is 9.77. The first-order valence-electron chi connectivity index (χ1n) is 11.5. The zero-order chi connectivity index (χ0) is 20.9. The molecule has 0 fully saturated rings. The highest BCUT2D eigenvalue weighted by Crippen LogP contribution is 2.35. The Hall–Kier alpha value is -2.08. The van der Waals surface area contributed by atoms with E-state index >= 15 is 0 Å². The van der Waals surface area contributed by atoms with Gasteiger partial charge in [0.2, 0.25) is 0 Å². The molecular formula is C29H38. The third-order valence-corrected chi connectivity index (χ3v) is 6.35. The third-order valence-electron chi connectivity index (χ3n) is 6.35. The van der Waals surface area contributed by atoms with Crippen molar-refractivity contribution in [2.24, 2.45) is 5.41 Å². The number of hydrogen-bond donors (Lipinski definition) is 0. The van der Waals surface area contributed by atoms with Gasteiger partial charge in [-0.05, 0) is 77.0 Å². The highest BCUT2D eigenvalue weighted by atomic mass is 14.3. The summed E-state index contributed by atoms with van der Waals surface area (Å²) in [5, 5.41) is 0. The van der Waals surface area contributed by atoms with Crippen LogP contribution in [0, 0.1) is 12.3 Å². The van der Waals surface area contributed by atoms with Crippen molar-refractivity contribution in [3.63, 3.8) is 0 Å². The summed E-state index contributed by atoms with van der Waals surface area (Å²) in [4.78, 5) is 0. The van der Waals surface area contributed by atoms with Gasteiger partial charge in [0.05, 0.1) is 0 Å². The van der Waals surface area contributed by atoms with Gasteiger partial charge < -0.3 is 0 Å². The molecule has 0 bridgehead atoms. The molecule has 1 aliphatic rings. The largest absolute Gasteiger partial charge is 0.0779 e. The van der Waals surface area contributed by atoms with E-state index in [4.69, 9.17) is 0 Å². The summed E-state index contributed by atoms with van der Waals surface area (Å²) < 4.78 is 0. The third kappa shape index (κ3) is 5.50. The maximum absolute atomic E-state index is 2.40. The molecular weight excluding hydrogens is 348 g/mol. The summed E-state index contributed by atoms with van der Waals surface area (Å²) in [7, 11) is 0. The number of allylic oxidation sites excluding steroid dienone is 2. The Morgan fingerprint density at radius 3 is 2.41 bits per heavy atom. The Labute approximate surface area is 178 Å². The quantitative estimate of drug-likeness (QED) is 0.314. The van der Waals surface area contributed by atoms with Crippen LogP contribution in [0.2, 0.25) is 0 Å². The topological polar surface area (TPSA) is 0 Å². The Kier molecular flexibility index (Phi) is 7.17. The zero-order valence-electron chi connectivity index (χ0n) is 19.1. The van der Waals surface area contributed by atoms with Crippen LogP contribution in [0.4, 0.5) is 0 Å². The van der Waals surface area contributed by atoms with Gasteiger partial charge in [0.25, 0.3) is 0 Å². The average Bonchev–Trinajstić information content (AvgIpc) is 2.71. The molecule has 0 spiro atoms. The molecule has 0 nitrogen and oxygen atoms in total. The van der Waals surface area contributed by atoms with E-state index in [1.165, 1.54) is 71.1 Å². The van der Waals surface area contributed by atoms with E-state index in [0.29, 0.717) is 0 Å². The fraction of sp³-hybridized carbons (Fsp3) is 0.448. The van der Waals surface area contributed by atoms with Crippen molar-refractivity contribution >= 4 is 17.7 Å². The van der Waals surface area contributed by atoms with E-state index in [0.717, 1.165) is 12.8 Å². The van der Waals surface area contributed by atoms with Gasteiger partial charge in [0.1, 0.15) is 0 Å². The molecule has 0 unspecified atom stereocenters. The minimum absolute atomic E-state index is 0.268. The number of aryl methyl sites for hydroxylation is 1. The minimum Gasteiger partial charge on any atom is -0.0779 e. The summed E-state index contributed by atoms with van der Waals surface area (Å²) in [6, 6.07) is 14.0. The average molecular weight is 387 g/mol. The van der Waals surface area contributed by atoms with Gasteiger partial charge in [0, 0.05) is 0 Å². The summed E-state index contributed by atoms with van der Waals surface area (Å²) in [6.07, 6.45) is 15.8. The second kappa shape index (κ2) is 9.61. The van der Waals surface area contributed by atoms with E-state index in [2.05, 4.69) is 89.2 Å². The zero-order valence-corrected chi connectivity index (χ0v) is 19.1. The normalized spacial score (nSPS) is 15.4. The Balaban J connectivity index is 1.80. The van der Waals surface area contributed by atoms with E-state index in [1.807, 2.05) is 0 Å². The van der Waals surface area contributed by atoms with Crippen molar-refractivity contribution in [2.75, 3.05) is 0 Å². The van der Waals surface area contributed by atoms with Crippen LogP contribution in [0.15, 0.2) is 42.5 Å². The number of rotatable bonds is 8. The molecule has 0 radical (unpaired) electrons. The highest BCUT2D eigenvalue weighted by molar-refractivity contribution is 5.83. The van der Waals surface area contributed by atoms with Crippen molar-refractivity contribution in [3.05, 3.63) is 75.9 Å². The van der Waals surface area contributed by atoms with Crippen LogP contribution in [0.25, 0.3) is 17.7 Å². The Bertz CT molecular complexity index is 875. The molecule has 0 saturated heterocycles. The van der Waals surface area contributed by atoms with Gasteiger partial charge in [-0.1, -0.05) is 102 Å². The van der Waals surface area contributed by atoms with E-state index in [-0.39, 0.29) is 5.41 Å². The molecule has 0 heteroatoms. The molecule has 0 saturated carbocycles. The van der Waals surface area contributed by atoms with Gasteiger partial charge in [-0.2, -0.15) is 0 Å². The molecule has 154 valence electrons. The van der Waals surface area contributed by atoms with E-state index < -0.39 is 0 Å². The van der Waals surface area contributed by atoms with Gasteiger partial charge in [0.15, 0.2) is 0 Å². The number of fused-ring (bicyclic) bond motifs is 1. The number of hydrogen-bond acceptors (Lipinski definition) is 0. The van der Waals surface area contributed by atoms with Crippen LogP contribution in [-0.4, -0.2) is 0 Å². The second-order valence-corrected chi connectivity index (χ2v) is 9.38. The van der Waals surface area contributed by atoms with Crippen LogP contribution < -0.4 is 0 Å². The predicted octanol–water partition coefficient (Wildman–Crippen LogP) is 8.66. The second-order valence-electron chi connectivity index (χ2n) is 9.38. The summed E-state index contributed by atoms with van der Waals surface area (Å²) in [5.74, 6) is 0. The molecule has 0 heterocycles. The molecule has 2 aromatic rings. The van der Waals surface area contributed by atoms with Gasteiger partial charge >= 0.3 is 0 Å². The lowest BCUT2D eigenvalue weighted by molar-refractivity contribution is 0.474. The first-order valence-corrected chi connectivity index (χ1v) is 11.5. The number of benzene rings is 2. The molecule has 1 aliphatic carbocycles. The highest BCUT2D eigenvalue weighted by Gasteiger charge is 2.21. The lowest BCUT2D eigenvalue weighted by Gasteiger charge is -2.27. The number of unbranched alkanes of at least 4 members (excludes halogenated alkanes) is 3. The fourth-order valence-corrected chi connectivity index (χ4v) is 4.42. The molecule has 29 heavy (non-hydrogen) atoms. The van der Waals surface area contributed by atoms with Crippen LogP contribution >= 0.6 is 0 Å². The Morgan fingerprint density at radius 1 is 0.966 bits per heavy atom. The molecule has 0 aliphatic heterocycles. The first-order chi connectivity index (χ1) is 13.9. The SMILES string of the molecule is CCCCCCc1ccc(/C(=C/c2ccc3c(c2C)C=CC(C)(C)C3)CC)cc1. The molecule has 0 amide bonds. The van der Waals surface area contributed by atoms with Crippen LogP contribution in [-0.2, 0) is 12.8 Å². The Morgan fingerprint density at radius 2 is 1.72 bits per heavy atom. The smallest absolute Gasteiger partial charge is 0.0131 e. The van der Waals surface area contributed by atoms with Crippen molar-refractivity contribution in [2.45, 2.75) is 79.6 Å². The summed E-state index contributed by atoms with van der Waals surface area (Å²) in [5.41, 5.74) is 10.2. The van der Waals surface area contributed by atoms with Crippen LogP contribution in [0.1, 0.15) is 93.2 Å². The monoisotopic (exact) mass is 386 g/mol. The first kappa shape index (κ1) is 21.6. The molecule has 3 rings (SSSR count). The summed E-state index contributed by atoms with van der Waals surface area (Å²) >= 11 is 0. The van der Waals surface area contributed by atoms with E-state index in [1.54, 1.807) is 0 Å². The maximum atomic E-state index is 2.40. The molecule has 2 aromatic carbocycles. The van der Waals surface area contributed by atoms with Crippen LogP contribution in [0.5, 0.6) is 0 Å². The van der Waals surface area contributed by atoms with E-state index in [9.17, 15) is 0 Å². The van der Waals surface area contributed by atoms with Crippen molar-refractivity contribution in [3.8, 4) is 0 Å². The minimum atomic E-state index is 0.268. The van der Waals surface area contributed by atoms with Gasteiger partial charge in [-0.3, -0.25) is 0 Å². The fourth-order valence-electron chi connectivity index (χ4n) is 4.42. The lowest BCUT2D eigenvalue weighted by Crippen LogP contribution is -2.16. The van der Waals surface area contributed by atoms with Crippen LogP contribution in [0.3, 0.4) is 0 Å². The molecule has 0 atom stereocenters. The standard InChI is InChI=1S/C29H38/c1-6-8-9-10-11-23-12-14-25(15-13-23)24(7-2)20-26-16-17-27-21-29(4,5)19-18-28(27)22(26)3/h12-20H,6-11,21H2,1-5H3/b24-20+. The van der Waals surface area contributed by atoms with Gasteiger partial charge in [-0.25, -0.2) is 0 Å². The molecule has 0 aromatic heterocycles. The van der Waals surface area contributed by atoms with Gasteiger partial charge in [-0.15, -0.1) is 0 Å². The van der Waals surface area contributed by atoms with Crippen molar-refractivity contribution < 1.29 is 0 Å². The summed E-state index contributed by atoms with van der Waals surface area (Å²) in [6.45, 7) is 11.5. The maximum Gasteiger partial charge on any atom is -0.0131 e.